The molecule has 6 aliphatic rings. The number of likely N-dealkylation sites (N-methyl/N-ethyl adjacent to an activating group) is 3. The number of fused-ring (bicyclic) bond motifs is 3. The molecule has 6 aromatic heterocycles. The summed E-state index contributed by atoms with van der Waals surface area (Å²) in [5.41, 5.74) is 9.69. The number of nitrogens with zero attached hydrogens (tertiary/aromatic N) is 15. The van der Waals surface area contributed by atoms with Crippen molar-refractivity contribution in [2.45, 2.75) is 200 Å². The van der Waals surface area contributed by atoms with Crippen molar-refractivity contribution in [3.05, 3.63) is 179 Å². The Balaban J connectivity index is 0.000000169. The van der Waals surface area contributed by atoms with Gasteiger partial charge in [-0.1, -0.05) is 80.3 Å². The Labute approximate surface area is 716 Å². The largest absolute Gasteiger partial charge is 0.491 e. The molecule has 0 bridgehead atoms. The molecule has 3 aliphatic carbocycles. The molecule has 3 saturated heterocycles. The minimum atomic E-state index is -1.84. The first kappa shape index (κ1) is 91.7. The summed E-state index contributed by atoms with van der Waals surface area (Å²) in [6, 6.07) is 28.0. The first-order chi connectivity index (χ1) is 57.3. The van der Waals surface area contributed by atoms with Crippen molar-refractivity contribution in [1.29, 1.82) is 0 Å². The van der Waals surface area contributed by atoms with Gasteiger partial charge in [-0.05, 0) is 192 Å². The Morgan fingerprint density at radius 1 is 0.438 bits per heavy atom. The molecule has 646 valence electrons. The lowest BCUT2D eigenvalue weighted by molar-refractivity contribution is -0.121. The summed E-state index contributed by atoms with van der Waals surface area (Å²) < 4.78 is 64.9. The van der Waals surface area contributed by atoms with Gasteiger partial charge in [0.1, 0.15) is 107 Å². The van der Waals surface area contributed by atoms with E-state index in [2.05, 4.69) is 82.7 Å². The summed E-state index contributed by atoms with van der Waals surface area (Å²) in [7, 11) is 2.50. The molecule has 3 aromatic carbocycles. The van der Waals surface area contributed by atoms with Gasteiger partial charge in [-0.15, -0.1) is 0 Å². The molecule has 15 rings (SSSR count). The van der Waals surface area contributed by atoms with Crippen LogP contribution >= 0.6 is 11.1 Å². The minimum absolute atomic E-state index is 0. The summed E-state index contributed by atoms with van der Waals surface area (Å²) >= 11 is 6.15. The van der Waals surface area contributed by atoms with E-state index in [9.17, 15) is 27.6 Å². The van der Waals surface area contributed by atoms with Gasteiger partial charge in [0.15, 0.2) is 33.2 Å². The van der Waals surface area contributed by atoms with Gasteiger partial charge in [0, 0.05) is 128 Å². The van der Waals surface area contributed by atoms with Gasteiger partial charge < -0.3 is 58.2 Å². The molecule has 2 N–H and O–H groups in total. The van der Waals surface area contributed by atoms with Crippen LogP contribution < -0.4 is 43.6 Å². The first-order valence-corrected chi connectivity index (χ1v) is 48.6. The highest BCUT2D eigenvalue weighted by atomic mass is 35.6. The molecule has 3 fully saturated rings. The normalized spacial score (nSPS) is 17.0. The van der Waals surface area contributed by atoms with Crippen LogP contribution in [0.25, 0.3) is 34.6 Å². The Bertz CT molecular complexity index is 4890. The molecule has 1 unspecified atom stereocenters. The van der Waals surface area contributed by atoms with Gasteiger partial charge in [-0.25, -0.2) is 43.1 Å². The van der Waals surface area contributed by atoms with E-state index in [1.54, 1.807) is 94.0 Å². The van der Waals surface area contributed by atoms with Crippen molar-refractivity contribution >= 4 is 79.0 Å². The number of hydrogen-bond donors (Lipinski definition) is 2. The smallest absolute Gasteiger partial charge is 0.249 e. The predicted octanol–water partition coefficient (Wildman–Crippen LogP) is 16.4. The van der Waals surface area contributed by atoms with E-state index >= 15 is 0 Å². The lowest BCUT2D eigenvalue weighted by atomic mass is 10.0. The number of ether oxygens (including phenoxy) is 3. The fraction of sp³-hybridized carbons (Fsp3) is 0.473. The second-order valence-electron chi connectivity index (χ2n) is 34.1. The molecular weight excluding hydrogens is 1600 g/mol. The fourth-order valence-corrected chi connectivity index (χ4v) is 16.1. The maximum absolute atomic E-state index is 13.9. The zero-order valence-corrected chi connectivity index (χ0v) is 74.1. The third-order valence-electron chi connectivity index (χ3n) is 23.7. The summed E-state index contributed by atoms with van der Waals surface area (Å²) in [5.74, 6) is 4.33. The van der Waals surface area contributed by atoms with Crippen molar-refractivity contribution in [3.63, 3.8) is 0 Å². The number of pyridine rings is 3. The van der Waals surface area contributed by atoms with E-state index in [0.29, 0.717) is 126 Å². The van der Waals surface area contributed by atoms with E-state index in [0.717, 1.165) is 128 Å². The van der Waals surface area contributed by atoms with Gasteiger partial charge in [0.25, 0.3) is 0 Å². The van der Waals surface area contributed by atoms with Gasteiger partial charge in [-0.3, -0.25) is 29.3 Å². The quantitative estimate of drug-likeness (QED) is 0.0342. The van der Waals surface area contributed by atoms with E-state index in [4.69, 9.17) is 69.8 Å². The van der Waals surface area contributed by atoms with Crippen molar-refractivity contribution in [2.24, 2.45) is 0 Å². The van der Waals surface area contributed by atoms with Crippen molar-refractivity contribution in [2.75, 3.05) is 110 Å². The number of anilines is 6. The zero-order valence-electron chi connectivity index (χ0n) is 71.3. The number of rotatable bonds is 23. The molecule has 3 atom stereocenters. The zero-order chi connectivity index (χ0) is 85.8. The predicted molar refractivity (Wildman–Crippen MR) is 476 cm³/mol. The molecule has 9 heterocycles. The fourth-order valence-electron chi connectivity index (χ4n) is 15.1. The van der Waals surface area contributed by atoms with Crippen LogP contribution in [0.4, 0.5) is 47.7 Å². The number of aliphatic hydroxyl groups excluding tert-OH is 2. The van der Waals surface area contributed by atoms with Crippen LogP contribution in [0.15, 0.2) is 128 Å². The van der Waals surface area contributed by atoms with Crippen LogP contribution in [-0.4, -0.2) is 187 Å². The Kier molecular flexibility index (Phi) is 30.5. The number of amides is 3. The number of aryl methyl sites for hydroxylation is 3. The van der Waals surface area contributed by atoms with E-state index < -0.39 is 33.8 Å². The van der Waals surface area contributed by atoms with E-state index in [-0.39, 0.29) is 74.1 Å². The standard InChI is InChI=1S/C32H42FN5O3Si.2C26H28FN5O3.C6H15ClSi.CH4/c1-32(2,3)42(5,6)41-19-18-40-24-15-16-34-27(21-24)29-35-26-13-8-12-25(26)30(36-29)37(4)28-14-9-17-38(31(28)39)23-11-7-10-22(33)20-23;2*1-31(23-9-4-12-32(26(23)34)18-6-2-5-17(27)15-18)25-20-7-3-8-21(20)29-24(30-25)22-16-19(10-11-28-22)35-14-13-33;1-6(2,3)8(4,5)7;/h7,10-11,15-16,20-21,28H,8-9,12-14,17-19H2,1-6H3;2*2,5-6,10-11,15-16,23,33H,3-4,7-9,12-14H2,1H3;1-5H3;1H4/t28-;23-;;;/m11.../s1. The highest BCUT2D eigenvalue weighted by Gasteiger charge is 2.41. The Morgan fingerprint density at radius 3 is 1.02 bits per heavy atom. The summed E-state index contributed by atoms with van der Waals surface area (Å²) in [6.07, 6.45) is 17.6. The first-order valence-electron chi connectivity index (χ1n) is 41.7. The highest BCUT2D eigenvalue weighted by Crippen LogP contribution is 2.42. The number of benzene rings is 3. The molecule has 3 amide bonds. The van der Waals surface area contributed by atoms with Crippen molar-refractivity contribution in [3.8, 4) is 51.8 Å². The van der Waals surface area contributed by atoms with Crippen LogP contribution in [0.3, 0.4) is 0 Å². The van der Waals surface area contributed by atoms with Crippen molar-refractivity contribution < 1.29 is 56.4 Å². The molecule has 3 aliphatic heterocycles. The molecule has 9 aromatic rings. The molecule has 24 nitrogen and oxygen atoms in total. The lowest BCUT2D eigenvalue weighted by Crippen LogP contribution is -2.52. The number of aromatic nitrogens is 9. The monoisotopic (exact) mass is 1710 g/mol. The van der Waals surface area contributed by atoms with E-state index in [1.165, 1.54) is 36.4 Å². The topological polar surface area (TPSA) is 264 Å². The third-order valence-corrected chi connectivity index (χ3v) is 33.5. The maximum Gasteiger partial charge on any atom is 0.249 e. The average Bonchev–Trinajstić information content (AvgIpc) is 1.76. The number of carbonyl (C=O) groups is 3. The maximum atomic E-state index is 13.9. The average molecular weight is 1710 g/mol. The summed E-state index contributed by atoms with van der Waals surface area (Å²) in [4.78, 5) is 94.2. The van der Waals surface area contributed by atoms with Crippen LogP contribution in [0.2, 0.25) is 36.3 Å². The molecule has 121 heavy (non-hydrogen) atoms. The SMILES string of the molecule is C.CC(C)(C)[Si](C)(C)Cl.CN(c1nc(-c2cc(OCCO)ccn2)nc2c1CCC2)C1CCCN(c2cccc(F)c2)C1=O.CN(c1nc(-c2cc(OCCO)ccn2)nc2c1CCC2)[C@@H]1CCCN(c2cccc(F)c2)C1=O.CN(c1nc(-c2cc(OCCO[Si](C)(C)C(C)(C)C)ccn2)nc2c1CCC2)[C@@H]1CCCN(c2cccc(F)c2)C1=O. The van der Waals surface area contributed by atoms with Crippen LogP contribution in [0, 0.1) is 17.5 Å². The van der Waals surface area contributed by atoms with Crippen molar-refractivity contribution in [1.82, 2.24) is 44.9 Å². The number of aliphatic hydroxyl groups is 2. The summed E-state index contributed by atoms with van der Waals surface area (Å²) in [6.45, 7) is 25.0. The second-order valence-corrected chi connectivity index (χ2v) is 46.2. The Hall–Kier alpha value is -10.0. The minimum Gasteiger partial charge on any atom is -0.491 e. The third kappa shape index (κ3) is 22.3. The Morgan fingerprint density at radius 2 is 0.744 bits per heavy atom. The van der Waals surface area contributed by atoms with Gasteiger partial charge in [0.05, 0.1) is 19.8 Å². The van der Waals surface area contributed by atoms with Crippen LogP contribution in [0.5, 0.6) is 17.2 Å². The van der Waals surface area contributed by atoms with Crippen LogP contribution in [-0.2, 0) is 57.3 Å². The second kappa shape index (κ2) is 40.3. The van der Waals surface area contributed by atoms with Gasteiger partial charge in [0.2, 0.25) is 17.7 Å². The molecule has 0 radical (unpaired) electrons. The highest BCUT2D eigenvalue weighted by molar-refractivity contribution is 7.20. The number of hydrogen-bond acceptors (Lipinski definition) is 21. The number of carbonyl (C=O) groups excluding carboxylic acids is 3. The van der Waals surface area contributed by atoms with Gasteiger partial charge in [-0.2, -0.15) is 11.1 Å². The molecule has 30 heteroatoms. The number of piperidine rings is 3. The summed E-state index contributed by atoms with van der Waals surface area (Å²) in [5, 5.41) is 18.6. The van der Waals surface area contributed by atoms with Gasteiger partial charge >= 0.3 is 0 Å². The van der Waals surface area contributed by atoms with E-state index in [1.807, 2.05) is 48.0 Å². The van der Waals surface area contributed by atoms with Crippen LogP contribution in [0.1, 0.15) is 141 Å². The number of halogens is 4. The molecule has 0 saturated carbocycles. The lowest BCUT2D eigenvalue weighted by Gasteiger charge is -2.38. The molecule has 0 spiro atoms. The molecular formula is C91H117ClF3N15O9Si2.